The maximum absolute atomic E-state index is 5.98. The fourth-order valence-corrected chi connectivity index (χ4v) is 2.74. The van der Waals surface area contributed by atoms with Crippen molar-refractivity contribution in [1.82, 2.24) is 4.90 Å². The van der Waals surface area contributed by atoms with Gasteiger partial charge in [0.15, 0.2) is 0 Å². The summed E-state index contributed by atoms with van der Waals surface area (Å²) in [4.78, 5) is 2.39. The van der Waals surface area contributed by atoms with Crippen molar-refractivity contribution in [2.24, 2.45) is 5.73 Å². The molecule has 0 radical (unpaired) electrons. The standard InChI is InChI=1S/C17H24N2O/c1-4-19(5-2)17(12-18)15-7-6-14-11-16(20-3)9-8-13(14)10-15/h6-11,17H,4-5,12,18H2,1-3H3. The highest BCUT2D eigenvalue weighted by Crippen LogP contribution is 2.26. The van der Waals surface area contributed by atoms with Gasteiger partial charge in [0.2, 0.25) is 0 Å². The van der Waals surface area contributed by atoms with Gasteiger partial charge >= 0.3 is 0 Å². The van der Waals surface area contributed by atoms with Crippen molar-refractivity contribution in [2.45, 2.75) is 19.9 Å². The van der Waals surface area contributed by atoms with Crippen LogP contribution in [0.3, 0.4) is 0 Å². The molecule has 0 spiro atoms. The minimum atomic E-state index is 0.288. The van der Waals surface area contributed by atoms with Gasteiger partial charge in [0, 0.05) is 12.6 Å². The first-order chi connectivity index (χ1) is 9.73. The summed E-state index contributed by atoms with van der Waals surface area (Å²) in [7, 11) is 1.69. The third kappa shape index (κ3) is 2.94. The molecule has 0 aliphatic carbocycles. The van der Waals surface area contributed by atoms with Gasteiger partial charge in [-0.3, -0.25) is 4.90 Å². The summed E-state index contributed by atoms with van der Waals surface area (Å²) in [6.07, 6.45) is 0. The molecule has 0 saturated carbocycles. The Morgan fingerprint density at radius 3 is 2.30 bits per heavy atom. The van der Waals surface area contributed by atoms with Crippen molar-refractivity contribution in [2.75, 3.05) is 26.7 Å². The van der Waals surface area contributed by atoms with Crippen LogP contribution in [0.2, 0.25) is 0 Å². The Kier molecular flexibility index (Phi) is 4.99. The maximum Gasteiger partial charge on any atom is 0.119 e. The molecular weight excluding hydrogens is 248 g/mol. The van der Waals surface area contributed by atoms with Crippen LogP contribution < -0.4 is 10.5 Å². The van der Waals surface area contributed by atoms with E-state index in [9.17, 15) is 0 Å². The lowest BCUT2D eigenvalue weighted by atomic mass is 10.0. The number of nitrogens with two attached hydrogens (primary N) is 1. The first-order valence-electron chi connectivity index (χ1n) is 7.25. The van der Waals surface area contributed by atoms with E-state index in [1.165, 1.54) is 16.3 Å². The van der Waals surface area contributed by atoms with Gasteiger partial charge < -0.3 is 10.5 Å². The quantitative estimate of drug-likeness (QED) is 0.877. The first kappa shape index (κ1) is 14.8. The summed E-state index contributed by atoms with van der Waals surface area (Å²) in [6, 6.07) is 13.0. The Morgan fingerprint density at radius 1 is 1.05 bits per heavy atom. The highest BCUT2D eigenvalue weighted by atomic mass is 16.5. The molecule has 0 aromatic heterocycles. The molecule has 3 heteroatoms. The summed E-state index contributed by atoms with van der Waals surface area (Å²) >= 11 is 0. The maximum atomic E-state index is 5.98. The number of fused-ring (bicyclic) bond motifs is 1. The molecule has 2 aromatic carbocycles. The van der Waals surface area contributed by atoms with Gasteiger partial charge in [-0.1, -0.05) is 32.0 Å². The fraction of sp³-hybridized carbons (Fsp3) is 0.412. The average Bonchev–Trinajstić information content (AvgIpc) is 2.51. The van der Waals surface area contributed by atoms with E-state index in [4.69, 9.17) is 10.5 Å². The lowest BCUT2D eigenvalue weighted by Gasteiger charge is -2.29. The number of likely N-dealkylation sites (N-methyl/N-ethyl adjacent to an activating group) is 1. The molecule has 2 N–H and O–H groups in total. The largest absolute Gasteiger partial charge is 0.497 e. The van der Waals surface area contributed by atoms with E-state index in [1.54, 1.807) is 7.11 Å². The molecule has 108 valence electrons. The second-order valence-electron chi connectivity index (χ2n) is 4.95. The number of ether oxygens (including phenoxy) is 1. The van der Waals surface area contributed by atoms with E-state index in [1.807, 2.05) is 6.07 Å². The van der Waals surface area contributed by atoms with E-state index in [0.717, 1.165) is 18.8 Å². The number of methoxy groups -OCH3 is 1. The molecule has 0 aliphatic rings. The van der Waals surface area contributed by atoms with Crippen LogP contribution in [0.1, 0.15) is 25.5 Å². The summed E-state index contributed by atoms with van der Waals surface area (Å²) in [5.41, 5.74) is 7.27. The zero-order chi connectivity index (χ0) is 14.5. The SMILES string of the molecule is CCN(CC)C(CN)c1ccc2cc(OC)ccc2c1. The van der Waals surface area contributed by atoms with Gasteiger partial charge in [0.25, 0.3) is 0 Å². The fourth-order valence-electron chi connectivity index (χ4n) is 2.74. The van der Waals surface area contributed by atoms with E-state index >= 15 is 0 Å². The van der Waals surface area contributed by atoms with Gasteiger partial charge in [-0.2, -0.15) is 0 Å². The molecule has 0 saturated heterocycles. The van der Waals surface area contributed by atoms with E-state index in [0.29, 0.717) is 6.54 Å². The van der Waals surface area contributed by atoms with E-state index < -0.39 is 0 Å². The third-order valence-corrected chi connectivity index (χ3v) is 3.93. The normalized spacial score (nSPS) is 12.8. The van der Waals surface area contributed by atoms with Gasteiger partial charge in [-0.15, -0.1) is 0 Å². The van der Waals surface area contributed by atoms with Crippen molar-refractivity contribution in [3.05, 3.63) is 42.0 Å². The predicted molar refractivity (Wildman–Crippen MR) is 85.2 cm³/mol. The molecule has 1 atom stereocenters. The average molecular weight is 272 g/mol. The number of nitrogens with zero attached hydrogens (tertiary/aromatic N) is 1. The predicted octanol–water partition coefficient (Wildman–Crippen LogP) is 3.19. The molecule has 2 aromatic rings. The molecule has 0 fully saturated rings. The van der Waals surface area contributed by atoms with Crippen LogP contribution in [0.25, 0.3) is 10.8 Å². The van der Waals surface area contributed by atoms with Crippen molar-refractivity contribution in [3.63, 3.8) is 0 Å². The lowest BCUT2D eigenvalue weighted by molar-refractivity contribution is 0.224. The first-order valence-corrected chi connectivity index (χ1v) is 7.25. The summed E-state index contributed by atoms with van der Waals surface area (Å²) in [5, 5.41) is 2.43. The smallest absolute Gasteiger partial charge is 0.119 e. The molecule has 0 heterocycles. The van der Waals surface area contributed by atoms with Crippen LogP contribution in [0.15, 0.2) is 36.4 Å². The monoisotopic (exact) mass is 272 g/mol. The van der Waals surface area contributed by atoms with Crippen LogP contribution in [0.4, 0.5) is 0 Å². The Hall–Kier alpha value is -1.58. The van der Waals surface area contributed by atoms with E-state index in [-0.39, 0.29) is 6.04 Å². The molecule has 2 rings (SSSR count). The molecule has 0 aliphatic heterocycles. The van der Waals surface area contributed by atoms with Gasteiger partial charge in [0.1, 0.15) is 5.75 Å². The Bertz CT molecular complexity index is 564. The third-order valence-electron chi connectivity index (χ3n) is 3.93. The van der Waals surface area contributed by atoms with Crippen LogP contribution in [-0.2, 0) is 0 Å². The number of rotatable bonds is 6. The van der Waals surface area contributed by atoms with Crippen LogP contribution in [0.5, 0.6) is 5.75 Å². The molecule has 20 heavy (non-hydrogen) atoms. The van der Waals surface area contributed by atoms with Gasteiger partial charge in [-0.25, -0.2) is 0 Å². The highest BCUT2D eigenvalue weighted by molar-refractivity contribution is 5.84. The molecule has 0 amide bonds. The molecular formula is C17H24N2O. The molecule has 0 bridgehead atoms. The van der Waals surface area contributed by atoms with Crippen molar-refractivity contribution >= 4 is 10.8 Å². The van der Waals surface area contributed by atoms with Crippen molar-refractivity contribution < 1.29 is 4.74 Å². The van der Waals surface area contributed by atoms with Gasteiger partial charge in [-0.05, 0) is 47.6 Å². The highest BCUT2D eigenvalue weighted by Gasteiger charge is 2.16. The van der Waals surface area contributed by atoms with Crippen molar-refractivity contribution in [3.8, 4) is 5.75 Å². The Labute approximate surface area is 121 Å². The second kappa shape index (κ2) is 6.73. The summed E-state index contributed by atoms with van der Waals surface area (Å²) < 4.78 is 5.27. The zero-order valence-electron chi connectivity index (χ0n) is 12.6. The zero-order valence-corrected chi connectivity index (χ0v) is 12.6. The van der Waals surface area contributed by atoms with Gasteiger partial charge in [0.05, 0.1) is 7.11 Å². The van der Waals surface area contributed by atoms with Crippen LogP contribution in [0, 0.1) is 0 Å². The van der Waals surface area contributed by atoms with Crippen LogP contribution in [-0.4, -0.2) is 31.6 Å². The van der Waals surface area contributed by atoms with Crippen LogP contribution >= 0.6 is 0 Å². The van der Waals surface area contributed by atoms with Crippen molar-refractivity contribution in [1.29, 1.82) is 0 Å². The lowest BCUT2D eigenvalue weighted by Crippen LogP contribution is -2.33. The minimum Gasteiger partial charge on any atom is -0.497 e. The molecule has 1 unspecified atom stereocenters. The number of hydrogen-bond donors (Lipinski definition) is 1. The topological polar surface area (TPSA) is 38.5 Å². The Balaban J connectivity index is 2.39. The summed E-state index contributed by atoms with van der Waals surface area (Å²) in [6.45, 7) is 7.03. The summed E-state index contributed by atoms with van der Waals surface area (Å²) in [5.74, 6) is 0.893. The Morgan fingerprint density at radius 2 is 1.70 bits per heavy atom. The number of benzene rings is 2. The number of hydrogen-bond acceptors (Lipinski definition) is 3. The minimum absolute atomic E-state index is 0.288. The van der Waals surface area contributed by atoms with E-state index in [2.05, 4.69) is 49.1 Å². The second-order valence-corrected chi connectivity index (χ2v) is 4.95. The molecule has 3 nitrogen and oxygen atoms in total.